The zero-order valence-corrected chi connectivity index (χ0v) is 13.5. The normalized spacial score (nSPS) is 20.5. The molecule has 122 valence electrons. The zero-order valence-electron chi connectivity index (χ0n) is 13.5. The molecule has 0 radical (unpaired) electrons. The minimum atomic E-state index is 0.321. The molecule has 2 saturated heterocycles. The van der Waals surface area contributed by atoms with Crippen molar-refractivity contribution in [2.45, 2.75) is 18.9 Å². The average Bonchev–Trinajstić information content (AvgIpc) is 3.11. The highest BCUT2D eigenvalue weighted by molar-refractivity contribution is 5.60. The van der Waals surface area contributed by atoms with Crippen LogP contribution in [0.5, 0.6) is 0 Å². The summed E-state index contributed by atoms with van der Waals surface area (Å²) >= 11 is 0. The number of hydrogen-bond acceptors (Lipinski definition) is 6. The Bertz CT molecular complexity index is 734. The van der Waals surface area contributed by atoms with E-state index in [9.17, 15) is 0 Å². The number of rotatable bonds is 3. The number of nitrogens with zero attached hydrogens (tertiary/aromatic N) is 5. The summed E-state index contributed by atoms with van der Waals surface area (Å²) in [5, 5.41) is 12.0. The molecule has 6 heteroatoms. The van der Waals surface area contributed by atoms with Crippen molar-refractivity contribution in [3.05, 3.63) is 42.4 Å². The van der Waals surface area contributed by atoms with Crippen molar-refractivity contribution in [1.29, 1.82) is 5.26 Å². The topological polar surface area (TPSA) is 68.1 Å². The third kappa shape index (κ3) is 3.03. The van der Waals surface area contributed by atoms with Gasteiger partial charge in [0, 0.05) is 37.1 Å². The first-order chi connectivity index (χ1) is 11.8. The predicted octanol–water partition coefficient (Wildman–Crippen LogP) is 2.38. The molecule has 2 fully saturated rings. The molecule has 1 unspecified atom stereocenters. The van der Waals surface area contributed by atoms with Crippen LogP contribution in [0.1, 0.15) is 18.5 Å². The van der Waals surface area contributed by atoms with Crippen molar-refractivity contribution in [3.8, 4) is 6.07 Å². The van der Waals surface area contributed by atoms with Gasteiger partial charge in [-0.05, 0) is 43.7 Å². The molecular weight excluding hydrogens is 300 g/mol. The molecular formula is C18H20N6. The van der Waals surface area contributed by atoms with Crippen LogP contribution in [0.15, 0.2) is 36.7 Å². The van der Waals surface area contributed by atoms with Crippen LogP contribution in [0, 0.1) is 11.3 Å². The van der Waals surface area contributed by atoms with Crippen molar-refractivity contribution >= 4 is 17.2 Å². The van der Waals surface area contributed by atoms with Gasteiger partial charge < -0.3 is 10.2 Å². The lowest BCUT2D eigenvalue weighted by molar-refractivity contribution is 0.231. The van der Waals surface area contributed by atoms with Gasteiger partial charge in [0.2, 0.25) is 0 Å². The van der Waals surface area contributed by atoms with Crippen molar-refractivity contribution in [2.24, 2.45) is 0 Å². The van der Waals surface area contributed by atoms with Crippen molar-refractivity contribution in [1.82, 2.24) is 14.9 Å². The SMILES string of the molecule is N#Cc1cnc(Nc2ccc(N3CCN4CCCC4C3)cc2)cn1. The first-order valence-corrected chi connectivity index (χ1v) is 8.40. The molecule has 0 saturated carbocycles. The number of nitriles is 1. The minimum absolute atomic E-state index is 0.321. The number of fused-ring (bicyclic) bond motifs is 1. The lowest BCUT2D eigenvalue weighted by atomic mass is 10.1. The number of nitrogens with one attached hydrogen (secondary N) is 1. The predicted molar refractivity (Wildman–Crippen MR) is 93.3 cm³/mol. The monoisotopic (exact) mass is 320 g/mol. The number of piperazine rings is 1. The fourth-order valence-electron chi connectivity index (χ4n) is 3.58. The molecule has 0 amide bonds. The van der Waals surface area contributed by atoms with Crippen LogP contribution in [0.2, 0.25) is 0 Å². The van der Waals surface area contributed by atoms with Gasteiger partial charge in [-0.15, -0.1) is 0 Å². The number of hydrogen-bond donors (Lipinski definition) is 1. The largest absolute Gasteiger partial charge is 0.369 e. The molecule has 0 spiro atoms. The summed E-state index contributed by atoms with van der Waals surface area (Å²) in [5.41, 5.74) is 2.57. The van der Waals surface area contributed by atoms with Gasteiger partial charge in [-0.2, -0.15) is 5.26 Å². The van der Waals surface area contributed by atoms with E-state index in [2.05, 4.69) is 49.4 Å². The number of aromatic nitrogens is 2. The smallest absolute Gasteiger partial charge is 0.158 e. The highest BCUT2D eigenvalue weighted by atomic mass is 15.3. The molecule has 1 aromatic heterocycles. The molecule has 0 bridgehead atoms. The molecule has 24 heavy (non-hydrogen) atoms. The van der Waals surface area contributed by atoms with Crippen LogP contribution >= 0.6 is 0 Å². The highest BCUT2D eigenvalue weighted by Crippen LogP contribution is 2.26. The third-order valence-corrected chi connectivity index (χ3v) is 4.86. The Labute approximate surface area is 141 Å². The van der Waals surface area contributed by atoms with E-state index < -0.39 is 0 Å². The summed E-state index contributed by atoms with van der Waals surface area (Å²) in [6.45, 7) is 4.68. The quantitative estimate of drug-likeness (QED) is 0.936. The van der Waals surface area contributed by atoms with E-state index in [0.29, 0.717) is 11.5 Å². The Kier molecular flexibility index (Phi) is 4.01. The molecule has 1 N–H and O–H groups in total. The highest BCUT2D eigenvalue weighted by Gasteiger charge is 2.30. The molecule has 1 aromatic carbocycles. The van der Waals surface area contributed by atoms with Crippen molar-refractivity contribution in [3.63, 3.8) is 0 Å². The van der Waals surface area contributed by atoms with E-state index in [1.165, 1.54) is 37.8 Å². The second-order valence-corrected chi connectivity index (χ2v) is 6.35. The average molecular weight is 320 g/mol. The second-order valence-electron chi connectivity index (χ2n) is 6.35. The van der Waals surface area contributed by atoms with Crippen LogP contribution in [0.4, 0.5) is 17.2 Å². The molecule has 2 aliphatic rings. The molecule has 4 rings (SSSR count). The summed E-state index contributed by atoms with van der Waals surface area (Å²) in [4.78, 5) is 13.3. The molecule has 3 heterocycles. The fraction of sp³-hybridized carbons (Fsp3) is 0.389. The van der Waals surface area contributed by atoms with Crippen LogP contribution in [-0.4, -0.2) is 47.1 Å². The van der Waals surface area contributed by atoms with E-state index in [1.54, 1.807) is 6.20 Å². The molecule has 6 nitrogen and oxygen atoms in total. The maximum Gasteiger partial charge on any atom is 0.158 e. The van der Waals surface area contributed by atoms with Gasteiger partial charge in [0.15, 0.2) is 5.69 Å². The third-order valence-electron chi connectivity index (χ3n) is 4.86. The van der Waals surface area contributed by atoms with Crippen LogP contribution < -0.4 is 10.2 Å². The summed E-state index contributed by atoms with van der Waals surface area (Å²) in [6.07, 6.45) is 5.71. The van der Waals surface area contributed by atoms with Crippen molar-refractivity contribution in [2.75, 3.05) is 36.4 Å². The number of anilines is 3. The molecule has 1 atom stereocenters. The summed E-state index contributed by atoms with van der Waals surface area (Å²) in [6, 6.07) is 11.1. The maximum absolute atomic E-state index is 8.75. The van der Waals surface area contributed by atoms with Crippen LogP contribution in [0.25, 0.3) is 0 Å². The van der Waals surface area contributed by atoms with E-state index in [1.807, 2.05) is 6.07 Å². The summed E-state index contributed by atoms with van der Waals surface area (Å²) in [5.74, 6) is 0.640. The first-order valence-electron chi connectivity index (χ1n) is 8.40. The minimum Gasteiger partial charge on any atom is -0.369 e. The standard InChI is InChI=1S/C18H20N6/c19-10-15-11-21-18(12-20-15)22-14-3-5-16(6-4-14)24-9-8-23-7-1-2-17(23)13-24/h3-6,11-12,17H,1-2,7-9,13H2,(H,21,22). The van der Waals surface area contributed by atoms with Gasteiger partial charge >= 0.3 is 0 Å². The molecule has 0 aliphatic carbocycles. The Balaban J connectivity index is 1.41. The Hall–Kier alpha value is -2.65. The zero-order chi connectivity index (χ0) is 16.4. The Morgan fingerprint density at radius 1 is 1.08 bits per heavy atom. The van der Waals surface area contributed by atoms with E-state index in [0.717, 1.165) is 24.8 Å². The van der Waals surface area contributed by atoms with E-state index in [4.69, 9.17) is 5.26 Å². The van der Waals surface area contributed by atoms with Gasteiger partial charge in [0.25, 0.3) is 0 Å². The van der Waals surface area contributed by atoms with Gasteiger partial charge in [0.05, 0.1) is 12.4 Å². The lowest BCUT2D eigenvalue weighted by Crippen LogP contribution is -2.50. The van der Waals surface area contributed by atoms with Gasteiger partial charge in [-0.3, -0.25) is 4.90 Å². The summed E-state index contributed by atoms with van der Waals surface area (Å²) in [7, 11) is 0. The van der Waals surface area contributed by atoms with Crippen molar-refractivity contribution < 1.29 is 0 Å². The van der Waals surface area contributed by atoms with E-state index >= 15 is 0 Å². The summed E-state index contributed by atoms with van der Waals surface area (Å²) < 4.78 is 0. The van der Waals surface area contributed by atoms with Crippen LogP contribution in [0.3, 0.4) is 0 Å². The molecule has 2 aromatic rings. The van der Waals surface area contributed by atoms with Gasteiger partial charge in [0.1, 0.15) is 11.9 Å². The maximum atomic E-state index is 8.75. The van der Waals surface area contributed by atoms with Gasteiger partial charge in [-0.1, -0.05) is 0 Å². The Morgan fingerprint density at radius 3 is 2.71 bits per heavy atom. The van der Waals surface area contributed by atoms with Crippen LogP contribution in [-0.2, 0) is 0 Å². The fourth-order valence-corrected chi connectivity index (χ4v) is 3.58. The first kappa shape index (κ1) is 14.9. The van der Waals surface area contributed by atoms with Gasteiger partial charge in [-0.25, -0.2) is 9.97 Å². The van der Waals surface area contributed by atoms with E-state index in [-0.39, 0.29) is 0 Å². The lowest BCUT2D eigenvalue weighted by Gasteiger charge is -2.38. The second kappa shape index (κ2) is 6.46. The number of benzene rings is 1. The Morgan fingerprint density at radius 2 is 1.96 bits per heavy atom. The molecule has 2 aliphatic heterocycles.